The molecule has 0 bridgehead atoms. The lowest BCUT2D eigenvalue weighted by molar-refractivity contribution is -0.127. The van der Waals surface area contributed by atoms with Gasteiger partial charge in [-0.05, 0) is 40.8 Å². The molecular weight excluding hydrogens is 335 g/mol. The summed E-state index contributed by atoms with van der Waals surface area (Å²) in [7, 11) is 3.23. The number of amides is 2. The number of hydrogen-bond donors (Lipinski definition) is 2. The average molecular weight is 348 g/mol. The molecule has 17 heavy (non-hydrogen) atoms. The molecule has 0 saturated heterocycles. The molecule has 2 N–H and O–H groups in total. The van der Waals surface area contributed by atoms with Gasteiger partial charge < -0.3 is 15.3 Å². The fourth-order valence-corrected chi connectivity index (χ4v) is 1.41. The Balaban J connectivity index is 2.64. The summed E-state index contributed by atoms with van der Waals surface area (Å²) in [6.45, 7) is -0.0570. The molecule has 2 amide bonds. The third-order valence-corrected chi connectivity index (χ3v) is 3.02. The summed E-state index contributed by atoms with van der Waals surface area (Å²) < 4.78 is 0.670. The molecule has 0 aromatic heterocycles. The van der Waals surface area contributed by atoms with Crippen molar-refractivity contribution in [1.82, 2.24) is 10.2 Å². The lowest BCUT2D eigenvalue weighted by atomic mass is 10.2. The number of nitrogens with one attached hydrogen (secondary N) is 1. The number of rotatable bonds is 3. The van der Waals surface area contributed by atoms with Crippen LogP contribution in [0.2, 0.25) is 0 Å². The Morgan fingerprint density at radius 3 is 2.59 bits per heavy atom. The Hall–Kier alpha value is -1.31. The summed E-state index contributed by atoms with van der Waals surface area (Å²) in [6, 6.07) is 4.60. The van der Waals surface area contributed by atoms with Gasteiger partial charge in [0.2, 0.25) is 5.91 Å². The summed E-state index contributed by atoms with van der Waals surface area (Å²) in [5.41, 5.74) is 0.328. The summed E-state index contributed by atoms with van der Waals surface area (Å²) in [5, 5.41) is 11.9. The lowest BCUT2D eigenvalue weighted by Crippen LogP contribution is -2.36. The minimum Gasteiger partial charge on any atom is -0.507 e. The number of phenolic OH excluding ortho intramolecular Hbond substituents is 1. The number of halogens is 1. The fourth-order valence-electron chi connectivity index (χ4n) is 1.07. The van der Waals surface area contributed by atoms with E-state index in [4.69, 9.17) is 0 Å². The Morgan fingerprint density at radius 1 is 1.41 bits per heavy atom. The number of nitrogens with zero attached hydrogens (tertiary/aromatic N) is 1. The Bertz CT molecular complexity index is 446. The third-order valence-electron chi connectivity index (χ3n) is 2.11. The van der Waals surface area contributed by atoms with Gasteiger partial charge >= 0.3 is 0 Å². The van der Waals surface area contributed by atoms with Crippen LogP contribution in [0.1, 0.15) is 10.4 Å². The van der Waals surface area contributed by atoms with Crippen molar-refractivity contribution < 1.29 is 14.7 Å². The molecule has 0 aliphatic rings. The molecule has 0 heterocycles. The molecule has 0 spiro atoms. The molecule has 1 aromatic rings. The van der Waals surface area contributed by atoms with Gasteiger partial charge in [0.1, 0.15) is 5.75 Å². The molecule has 0 unspecified atom stereocenters. The maximum Gasteiger partial charge on any atom is 0.251 e. The van der Waals surface area contributed by atoms with Crippen LogP contribution in [0.25, 0.3) is 0 Å². The second-order valence-corrected chi connectivity index (χ2v) is 4.80. The van der Waals surface area contributed by atoms with Crippen molar-refractivity contribution in [2.45, 2.75) is 0 Å². The molecule has 0 fully saturated rings. The molecule has 6 heteroatoms. The predicted octanol–water partition coefficient (Wildman–Crippen LogP) is 0.815. The normalized spacial score (nSPS) is 9.82. The minimum absolute atomic E-state index is 0.0530. The standard InChI is InChI=1S/C11H13IN2O3/c1-14(2)10(16)6-13-11(17)7-3-4-8(12)9(15)5-7/h3-5,15H,6H2,1-2H3,(H,13,17). The highest BCUT2D eigenvalue weighted by molar-refractivity contribution is 14.1. The molecule has 1 aromatic carbocycles. The molecule has 5 nitrogen and oxygen atoms in total. The van der Waals surface area contributed by atoms with Crippen LogP contribution in [0.15, 0.2) is 18.2 Å². The monoisotopic (exact) mass is 348 g/mol. The van der Waals surface area contributed by atoms with E-state index in [1.54, 1.807) is 26.2 Å². The van der Waals surface area contributed by atoms with Gasteiger partial charge in [0.05, 0.1) is 10.1 Å². The van der Waals surface area contributed by atoms with Gasteiger partial charge in [0, 0.05) is 19.7 Å². The highest BCUT2D eigenvalue weighted by Gasteiger charge is 2.10. The Labute approximate surface area is 113 Å². The van der Waals surface area contributed by atoms with Gasteiger partial charge in [0.25, 0.3) is 5.91 Å². The van der Waals surface area contributed by atoms with E-state index in [2.05, 4.69) is 5.32 Å². The van der Waals surface area contributed by atoms with Gasteiger partial charge in [0.15, 0.2) is 0 Å². The number of benzene rings is 1. The van der Waals surface area contributed by atoms with E-state index in [0.29, 0.717) is 9.13 Å². The molecule has 0 radical (unpaired) electrons. The molecule has 0 aliphatic heterocycles. The smallest absolute Gasteiger partial charge is 0.251 e. The van der Waals surface area contributed by atoms with E-state index in [-0.39, 0.29) is 24.1 Å². The van der Waals surface area contributed by atoms with Gasteiger partial charge in [-0.25, -0.2) is 0 Å². The zero-order valence-electron chi connectivity index (χ0n) is 9.53. The second-order valence-electron chi connectivity index (χ2n) is 3.64. The number of carbonyl (C=O) groups excluding carboxylic acids is 2. The van der Waals surface area contributed by atoms with Crippen LogP contribution in [0.5, 0.6) is 5.75 Å². The number of hydrogen-bond acceptors (Lipinski definition) is 3. The van der Waals surface area contributed by atoms with Crippen molar-refractivity contribution >= 4 is 34.4 Å². The minimum atomic E-state index is -0.382. The maximum atomic E-state index is 11.6. The van der Waals surface area contributed by atoms with Gasteiger partial charge in [-0.3, -0.25) is 9.59 Å². The molecule has 0 atom stereocenters. The number of carbonyl (C=O) groups is 2. The summed E-state index contributed by atoms with van der Waals surface area (Å²) >= 11 is 1.96. The first-order valence-corrected chi connectivity index (χ1v) is 5.96. The molecular formula is C11H13IN2O3. The van der Waals surface area contributed by atoms with Crippen LogP contribution in [-0.4, -0.2) is 42.5 Å². The molecule has 0 aliphatic carbocycles. The first kappa shape index (κ1) is 13.8. The topological polar surface area (TPSA) is 69.6 Å². The van der Waals surface area contributed by atoms with Gasteiger partial charge in [-0.1, -0.05) is 0 Å². The van der Waals surface area contributed by atoms with Crippen molar-refractivity contribution in [2.75, 3.05) is 20.6 Å². The van der Waals surface area contributed by atoms with Crippen molar-refractivity contribution in [2.24, 2.45) is 0 Å². The highest BCUT2D eigenvalue weighted by atomic mass is 127. The number of likely N-dealkylation sites (N-methyl/N-ethyl adjacent to an activating group) is 1. The highest BCUT2D eigenvalue weighted by Crippen LogP contribution is 2.20. The summed E-state index contributed by atoms with van der Waals surface area (Å²) in [5.74, 6) is -0.517. The van der Waals surface area contributed by atoms with Gasteiger partial charge in [-0.15, -0.1) is 0 Å². The van der Waals surface area contributed by atoms with Crippen molar-refractivity contribution in [3.05, 3.63) is 27.3 Å². The fraction of sp³-hybridized carbons (Fsp3) is 0.273. The van der Waals surface area contributed by atoms with E-state index in [9.17, 15) is 14.7 Å². The van der Waals surface area contributed by atoms with E-state index < -0.39 is 0 Å². The SMILES string of the molecule is CN(C)C(=O)CNC(=O)c1ccc(I)c(O)c1. The van der Waals surface area contributed by atoms with Crippen LogP contribution >= 0.6 is 22.6 Å². The number of phenols is 1. The maximum absolute atomic E-state index is 11.6. The molecule has 92 valence electrons. The second kappa shape index (κ2) is 5.85. The van der Waals surface area contributed by atoms with Crippen molar-refractivity contribution in [3.8, 4) is 5.75 Å². The quantitative estimate of drug-likeness (QED) is 0.795. The van der Waals surface area contributed by atoms with Crippen LogP contribution in [0.4, 0.5) is 0 Å². The Kier molecular flexibility index (Phi) is 4.73. The van der Waals surface area contributed by atoms with E-state index in [1.165, 1.54) is 11.0 Å². The summed E-state index contributed by atoms with van der Waals surface area (Å²) in [4.78, 5) is 24.3. The van der Waals surface area contributed by atoms with E-state index in [1.807, 2.05) is 22.6 Å². The Morgan fingerprint density at radius 2 is 2.06 bits per heavy atom. The first-order valence-electron chi connectivity index (χ1n) is 4.88. The number of aromatic hydroxyl groups is 1. The zero-order chi connectivity index (χ0) is 13.0. The predicted molar refractivity (Wildman–Crippen MR) is 71.9 cm³/mol. The summed E-state index contributed by atoms with van der Waals surface area (Å²) in [6.07, 6.45) is 0. The zero-order valence-corrected chi connectivity index (χ0v) is 11.7. The largest absolute Gasteiger partial charge is 0.507 e. The van der Waals surface area contributed by atoms with Crippen molar-refractivity contribution in [1.29, 1.82) is 0 Å². The van der Waals surface area contributed by atoms with Crippen LogP contribution in [-0.2, 0) is 4.79 Å². The van der Waals surface area contributed by atoms with E-state index >= 15 is 0 Å². The van der Waals surface area contributed by atoms with Gasteiger partial charge in [-0.2, -0.15) is 0 Å². The molecule has 0 saturated carbocycles. The first-order chi connectivity index (χ1) is 7.91. The van der Waals surface area contributed by atoms with Crippen LogP contribution in [0, 0.1) is 3.57 Å². The molecule has 1 rings (SSSR count). The van der Waals surface area contributed by atoms with E-state index in [0.717, 1.165) is 0 Å². The average Bonchev–Trinajstić information content (AvgIpc) is 2.28. The third kappa shape index (κ3) is 3.88. The lowest BCUT2D eigenvalue weighted by Gasteiger charge is -2.11. The van der Waals surface area contributed by atoms with Crippen LogP contribution < -0.4 is 5.32 Å². The van der Waals surface area contributed by atoms with Crippen molar-refractivity contribution in [3.63, 3.8) is 0 Å². The van der Waals surface area contributed by atoms with Crippen LogP contribution in [0.3, 0.4) is 0 Å².